The van der Waals surface area contributed by atoms with Crippen molar-refractivity contribution in [2.75, 3.05) is 7.05 Å². The van der Waals surface area contributed by atoms with Crippen molar-refractivity contribution in [2.24, 2.45) is 5.73 Å². The number of nitrogens with one attached hydrogen (secondary N) is 1. The average Bonchev–Trinajstić information content (AvgIpc) is 2.49. The molecule has 7 heteroatoms. The Morgan fingerprint density at radius 2 is 1.91 bits per heavy atom. The van der Waals surface area contributed by atoms with E-state index in [1.54, 1.807) is 6.07 Å². The highest BCUT2D eigenvalue weighted by Crippen LogP contribution is 2.25. The number of primary amides is 1. The van der Waals surface area contributed by atoms with Gasteiger partial charge >= 0.3 is 6.03 Å². The lowest BCUT2D eigenvalue weighted by molar-refractivity contribution is 0.195. The van der Waals surface area contributed by atoms with Crippen LogP contribution in [0.4, 0.5) is 13.6 Å². The first kappa shape index (κ1) is 15.7. The van der Waals surface area contributed by atoms with E-state index in [-0.39, 0.29) is 12.3 Å². The number of rotatable bonds is 5. The summed E-state index contributed by atoms with van der Waals surface area (Å²) in [6.07, 6.45) is 0. The summed E-state index contributed by atoms with van der Waals surface area (Å²) in [6.45, 7) is 0.229. The van der Waals surface area contributed by atoms with Gasteiger partial charge in [0.15, 0.2) is 11.6 Å². The van der Waals surface area contributed by atoms with Gasteiger partial charge in [0.1, 0.15) is 11.6 Å². The zero-order valence-electron chi connectivity index (χ0n) is 11.8. The summed E-state index contributed by atoms with van der Waals surface area (Å²) in [7, 11) is 1.46. The number of halogens is 2. The molecule has 3 N–H and O–H groups in total. The fraction of sp³-hybridized carbons (Fsp3) is 0.133. The molecule has 22 heavy (non-hydrogen) atoms. The average molecular weight is 307 g/mol. The largest absolute Gasteiger partial charge is 0.454 e. The Kier molecular flexibility index (Phi) is 4.90. The number of hydrazine groups is 1. The van der Waals surface area contributed by atoms with Crippen LogP contribution in [0.25, 0.3) is 0 Å². The molecule has 0 saturated carbocycles. The molecule has 0 bridgehead atoms. The molecule has 2 aromatic carbocycles. The van der Waals surface area contributed by atoms with E-state index in [0.29, 0.717) is 11.3 Å². The van der Waals surface area contributed by atoms with Gasteiger partial charge in [-0.25, -0.2) is 19.0 Å². The topological polar surface area (TPSA) is 67.6 Å². The second-order valence-electron chi connectivity index (χ2n) is 4.55. The summed E-state index contributed by atoms with van der Waals surface area (Å²) in [5.41, 5.74) is 8.37. The molecule has 0 aromatic heterocycles. The van der Waals surface area contributed by atoms with Crippen LogP contribution in [-0.2, 0) is 6.54 Å². The van der Waals surface area contributed by atoms with Crippen molar-refractivity contribution in [3.63, 3.8) is 0 Å². The van der Waals surface area contributed by atoms with E-state index in [1.165, 1.54) is 43.4 Å². The van der Waals surface area contributed by atoms with E-state index in [4.69, 9.17) is 10.5 Å². The van der Waals surface area contributed by atoms with Gasteiger partial charge < -0.3 is 10.5 Å². The number of hydrogen-bond donors (Lipinski definition) is 2. The molecular weight excluding hydrogens is 292 g/mol. The zero-order chi connectivity index (χ0) is 16.1. The number of nitrogens with zero attached hydrogens (tertiary/aromatic N) is 1. The molecule has 2 aromatic rings. The van der Waals surface area contributed by atoms with Gasteiger partial charge in [-0.15, -0.1) is 0 Å². The summed E-state index contributed by atoms with van der Waals surface area (Å²) in [5, 5.41) is 1.10. The number of amides is 2. The number of carbonyl (C=O) groups excluding carboxylic acids is 1. The third-order valence-corrected chi connectivity index (χ3v) is 2.89. The third-order valence-electron chi connectivity index (χ3n) is 2.89. The van der Waals surface area contributed by atoms with E-state index in [1.807, 2.05) is 0 Å². The summed E-state index contributed by atoms with van der Waals surface area (Å²) in [6, 6.07) is 9.01. The van der Waals surface area contributed by atoms with Gasteiger partial charge in [0.2, 0.25) is 0 Å². The molecule has 116 valence electrons. The first-order valence-electron chi connectivity index (χ1n) is 6.44. The lowest BCUT2D eigenvalue weighted by Crippen LogP contribution is -2.42. The zero-order valence-corrected chi connectivity index (χ0v) is 11.8. The minimum Gasteiger partial charge on any atom is -0.454 e. The maximum Gasteiger partial charge on any atom is 0.328 e. The molecule has 0 aliphatic rings. The first-order chi connectivity index (χ1) is 10.5. The summed E-state index contributed by atoms with van der Waals surface area (Å²) >= 11 is 0. The molecule has 0 heterocycles. The van der Waals surface area contributed by atoms with Gasteiger partial charge in [-0.05, 0) is 42.0 Å². The highest BCUT2D eigenvalue weighted by molar-refractivity contribution is 5.70. The summed E-state index contributed by atoms with van der Waals surface area (Å²) in [4.78, 5) is 10.8. The SMILES string of the molecule is CN(NCc1ccc(Oc2ccc(F)cc2)c(F)c1)C(N)=O. The normalized spacial score (nSPS) is 10.3. The third kappa shape index (κ3) is 4.16. The van der Waals surface area contributed by atoms with Gasteiger partial charge in [-0.2, -0.15) is 0 Å². The van der Waals surface area contributed by atoms with Crippen molar-refractivity contribution in [2.45, 2.75) is 6.54 Å². The molecule has 0 aliphatic carbocycles. The smallest absolute Gasteiger partial charge is 0.328 e. The number of carbonyl (C=O) groups is 1. The second kappa shape index (κ2) is 6.86. The Morgan fingerprint density at radius 1 is 1.23 bits per heavy atom. The van der Waals surface area contributed by atoms with E-state index in [0.717, 1.165) is 5.01 Å². The minimum atomic E-state index is -0.642. The van der Waals surface area contributed by atoms with Crippen LogP contribution in [0.1, 0.15) is 5.56 Å². The van der Waals surface area contributed by atoms with Gasteiger partial charge in [0.25, 0.3) is 0 Å². The molecule has 2 rings (SSSR count). The van der Waals surface area contributed by atoms with E-state index >= 15 is 0 Å². The Bertz CT molecular complexity index is 662. The standard InChI is InChI=1S/C15H15F2N3O2/c1-20(15(18)21)19-9-10-2-7-14(13(17)8-10)22-12-5-3-11(16)4-6-12/h2-8,19H,9H2,1H3,(H2,18,21). The fourth-order valence-electron chi connectivity index (χ4n) is 1.65. The van der Waals surface area contributed by atoms with E-state index in [2.05, 4.69) is 5.43 Å². The highest BCUT2D eigenvalue weighted by atomic mass is 19.1. The van der Waals surface area contributed by atoms with Crippen molar-refractivity contribution in [3.8, 4) is 11.5 Å². The molecule has 2 amide bonds. The molecule has 0 unspecified atom stereocenters. The molecule has 0 saturated heterocycles. The minimum absolute atomic E-state index is 0.0265. The number of ether oxygens (including phenoxy) is 1. The lowest BCUT2D eigenvalue weighted by atomic mass is 10.2. The van der Waals surface area contributed by atoms with Gasteiger partial charge in [0, 0.05) is 13.6 Å². The monoisotopic (exact) mass is 307 g/mol. The van der Waals surface area contributed by atoms with Crippen molar-refractivity contribution < 1.29 is 18.3 Å². The molecule has 0 fully saturated rings. The number of nitrogens with two attached hydrogens (primary N) is 1. The lowest BCUT2D eigenvalue weighted by Gasteiger charge is -2.16. The molecule has 0 radical (unpaired) electrons. The maximum absolute atomic E-state index is 14.0. The Balaban J connectivity index is 2.03. The van der Waals surface area contributed by atoms with Crippen LogP contribution in [0.5, 0.6) is 11.5 Å². The van der Waals surface area contributed by atoms with Crippen LogP contribution in [0.3, 0.4) is 0 Å². The summed E-state index contributed by atoms with van der Waals surface area (Å²) in [5.74, 6) is -0.601. The molecule has 0 atom stereocenters. The van der Waals surface area contributed by atoms with Crippen molar-refractivity contribution in [1.82, 2.24) is 10.4 Å². The van der Waals surface area contributed by atoms with Crippen LogP contribution in [0.15, 0.2) is 42.5 Å². The van der Waals surface area contributed by atoms with E-state index in [9.17, 15) is 13.6 Å². The van der Waals surface area contributed by atoms with Gasteiger partial charge in [-0.3, -0.25) is 5.01 Å². The molecule has 0 aliphatic heterocycles. The number of urea groups is 1. The number of hydrogen-bond acceptors (Lipinski definition) is 3. The van der Waals surface area contributed by atoms with Crippen molar-refractivity contribution in [3.05, 3.63) is 59.7 Å². The quantitative estimate of drug-likeness (QED) is 0.835. The van der Waals surface area contributed by atoms with Gasteiger partial charge in [0.05, 0.1) is 0 Å². The van der Waals surface area contributed by atoms with Crippen molar-refractivity contribution >= 4 is 6.03 Å². The second-order valence-corrected chi connectivity index (χ2v) is 4.55. The predicted molar refractivity (Wildman–Crippen MR) is 77.1 cm³/mol. The van der Waals surface area contributed by atoms with Crippen LogP contribution >= 0.6 is 0 Å². The fourth-order valence-corrected chi connectivity index (χ4v) is 1.65. The Morgan fingerprint density at radius 3 is 2.50 bits per heavy atom. The Hall–Kier alpha value is -2.67. The first-order valence-corrected chi connectivity index (χ1v) is 6.44. The van der Waals surface area contributed by atoms with Crippen LogP contribution in [0.2, 0.25) is 0 Å². The molecular formula is C15H15F2N3O2. The maximum atomic E-state index is 14.0. The van der Waals surface area contributed by atoms with Crippen molar-refractivity contribution in [1.29, 1.82) is 0 Å². The molecule has 5 nitrogen and oxygen atoms in total. The van der Waals surface area contributed by atoms with Crippen LogP contribution < -0.4 is 15.9 Å². The van der Waals surface area contributed by atoms with Crippen LogP contribution in [-0.4, -0.2) is 18.1 Å². The highest BCUT2D eigenvalue weighted by Gasteiger charge is 2.08. The van der Waals surface area contributed by atoms with E-state index < -0.39 is 17.7 Å². The number of benzene rings is 2. The predicted octanol–water partition coefficient (Wildman–Crippen LogP) is 2.77. The van der Waals surface area contributed by atoms with Gasteiger partial charge in [-0.1, -0.05) is 6.07 Å². The van der Waals surface area contributed by atoms with Crippen LogP contribution in [0, 0.1) is 11.6 Å². The Labute approximate surface area is 126 Å². The molecule has 0 spiro atoms. The summed E-state index contributed by atoms with van der Waals surface area (Å²) < 4.78 is 32.1.